The second-order valence-electron chi connectivity index (χ2n) is 6.28. The molecule has 0 aliphatic heterocycles. The number of carbonyl (C=O) groups is 1. The molecule has 6 heteroatoms. The predicted octanol–water partition coefficient (Wildman–Crippen LogP) is 3.52. The van der Waals surface area contributed by atoms with E-state index >= 15 is 0 Å². The van der Waals surface area contributed by atoms with E-state index in [1.807, 2.05) is 0 Å². The van der Waals surface area contributed by atoms with Crippen LogP contribution in [0.3, 0.4) is 0 Å². The monoisotopic (exact) mass is 346 g/mol. The van der Waals surface area contributed by atoms with Crippen molar-refractivity contribution in [1.82, 2.24) is 0 Å². The standard InChI is InChI=1S/C18H34O6/c1-2-3-7-10-15(24-23)13-14-17(20)16(19)11-8-5-4-6-9-12-18(21)22/h13-17,19-20,23H,2-12H2,1H3,(H,21,22)/b14-13+. The average molecular weight is 346 g/mol. The van der Waals surface area contributed by atoms with Crippen molar-refractivity contribution < 1.29 is 30.3 Å². The van der Waals surface area contributed by atoms with Gasteiger partial charge in [-0.2, -0.15) is 0 Å². The van der Waals surface area contributed by atoms with Crippen LogP contribution in [0.1, 0.15) is 77.6 Å². The fourth-order valence-electron chi connectivity index (χ4n) is 2.48. The molecule has 6 nitrogen and oxygen atoms in total. The Morgan fingerprint density at radius 1 is 0.958 bits per heavy atom. The molecular weight excluding hydrogens is 312 g/mol. The van der Waals surface area contributed by atoms with E-state index in [1.165, 1.54) is 6.08 Å². The Kier molecular flexibility index (Phi) is 15.0. The summed E-state index contributed by atoms with van der Waals surface area (Å²) in [5.41, 5.74) is 0. The van der Waals surface area contributed by atoms with Crippen LogP contribution in [0.25, 0.3) is 0 Å². The number of aliphatic hydroxyl groups is 2. The number of hydrogen-bond acceptors (Lipinski definition) is 5. The molecule has 0 amide bonds. The van der Waals surface area contributed by atoms with Crippen LogP contribution in [0.5, 0.6) is 0 Å². The van der Waals surface area contributed by atoms with Crippen molar-refractivity contribution in [3.05, 3.63) is 12.2 Å². The van der Waals surface area contributed by atoms with Crippen LogP contribution in [0.4, 0.5) is 0 Å². The smallest absolute Gasteiger partial charge is 0.303 e. The van der Waals surface area contributed by atoms with Gasteiger partial charge in [-0.1, -0.05) is 64.0 Å². The SMILES string of the molecule is CCCCCC(/C=C/C(O)C(O)CCCCCCCC(=O)O)OO. The topological polar surface area (TPSA) is 107 Å². The van der Waals surface area contributed by atoms with Gasteiger partial charge in [0.2, 0.25) is 0 Å². The first-order chi connectivity index (χ1) is 11.5. The molecule has 0 radical (unpaired) electrons. The number of carboxylic acids is 1. The van der Waals surface area contributed by atoms with Crippen LogP contribution in [-0.4, -0.2) is 44.9 Å². The van der Waals surface area contributed by atoms with Crippen molar-refractivity contribution in [1.29, 1.82) is 0 Å². The molecule has 0 fully saturated rings. The number of unbranched alkanes of at least 4 members (excludes halogenated alkanes) is 6. The van der Waals surface area contributed by atoms with E-state index in [1.54, 1.807) is 6.08 Å². The van der Waals surface area contributed by atoms with Crippen molar-refractivity contribution in [3.8, 4) is 0 Å². The zero-order valence-corrected chi connectivity index (χ0v) is 14.8. The van der Waals surface area contributed by atoms with E-state index in [0.717, 1.165) is 44.9 Å². The molecule has 0 saturated carbocycles. The second kappa shape index (κ2) is 15.6. The molecule has 0 aliphatic carbocycles. The molecular formula is C18H34O6. The highest BCUT2D eigenvalue weighted by Gasteiger charge is 2.14. The number of carboxylic acid groups (broad SMARTS) is 1. The van der Waals surface area contributed by atoms with E-state index in [9.17, 15) is 15.0 Å². The maximum atomic E-state index is 10.4. The van der Waals surface area contributed by atoms with Crippen LogP contribution in [0.2, 0.25) is 0 Å². The number of aliphatic hydroxyl groups excluding tert-OH is 2. The molecule has 0 aromatic heterocycles. The lowest BCUT2D eigenvalue weighted by Crippen LogP contribution is -2.24. The van der Waals surface area contributed by atoms with Gasteiger partial charge in [-0.15, -0.1) is 0 Å². The normalized spacial score (nSPS) is 15.5. The van der Waals surface area contributed by atoms with Gasteiger partial charge in [0.05, 0.1) is 12.2 Å². The van der Waals surface area contributed by atoms with Crippen molar-refractivity contribution in [2.45, 2.75) is 95.9 Å². The zero-order valence-electron chi connectivity index (χ0n) is 14.8. The summed E-state index contributed by atoms with van der Waals surface area (Å²) in [5, 5.41) is 37.2. The highest BCUT2D eigenvalue weighted by molar-refractivity contribution is 5.66. The van der Waals surface area contributed by atoms with Gasteiger partial charge >= 0.3 is 5.97 Å². The van der Waals surface area contributed by atoms with Crippen LogP contribution in [-0.2, 0) is 9.68 Å². The lowest BCUT2D eigenvalue weighted by atomic mass is 10.0. The summed E-state index contributed by atoms with van der Waals surface area (Å²) in [6.07, 6.45) is 9.46. The van der Waals surface area contributed by atoms with Gasteiger partial charge in [0, 0.05) is 6.42 Å². The van der Waals surface area contributed by atoms with Gasteiger partial charge in [0.15, 0.2) is 0 Å². The van der Waals surface area contributed by atoms with Gasteiger partial charge in [-0.25, -0.2) is 4.89 Å². The molecule has 4 N–H and O–H groups in total. The molecule has 0 spiro atoms. The van der Waals surface area contributed by atoms with Gasteiger partial charge in [0.1, 0.15) is 6.10 Å². The lowest BCUT2D eigenvalue weighted by molar-refractivity contribution is -0.267. The van der Waals surface area contributed by atoms with Gasteiger partial charge < -0.3 is 15.3 Å². The Labute approximate surface area is 145 Å². The Balaban J connectivity index is 3.82. The van der Waals surface area contributed by atoms with Crippen molar-refractivity contribution in [2.24, 2.45) is 0 Å². The summed E-state index contributed by atoms with van der Waals surface area (Å²) in [4.78, 5) is 14.7. The summed E-state index contributed by atoms with van der Waals surface area (Å²) in [5.74, 6) is -0.764. The van der Waals surface area contributed by atoms with Crippen molar-refractivity contribution in [2.75, 3.05) is 0 Å². The highest BCUT2D eigenvalue weighted by Crippen LogP contribution is 2.12. The Hall–Kier alpha value is -0.950. The number of hydrogen-bond donors (Lipinski definition) is 4. The molecule has 3 atom stereocenters. The molecule has 0 aromatic rings. The fourth-order valence-corrected chi connectivity index (χ4v) is 2.48. The van der Waals surface area contributed by atoms with Gasteiger partial charge in [-0.05, 0) is 19.3 Å². The van der Waals surface area contributed by atoms with Gasteiger partial charge in [-0.3, -0.25) is 10.1 Å². The minimum Gasteiger partial charge on any atom is -0.481 e. The van der Waals surface area contributed by atoms with Crippen molar-refractivity contribution >= 4 is 5.97 Å². The fraction of sp³-hybridized carbons (Fsp3) is 0.833. The quantitative estimate of drug-likeness (QED) is 0.147. The summed E-state index contributed by atoms with van der Waals surface area (Å²) in [7, 11) is 0. The zero-order chi connectivity index (χ0) is 18.2. The largest absolute Gasteiger partial charge is 0.481 e. The van der Waals surface area contributed by atoms with E-state index in [-0.39, 0.29) is 6.42 Å². The summed E-state index contributed by atoms with van der Waals surface area (Å²) < 4.78 is 0. The minimum atomic E-state index is -0.971. The first kappa shape index (κ1) is 23.1. The molecule has 0 bridgehead atoms. The van der Waals surface area contributed by atoms with E-state index in [4.69, 9.17) is 10.4 Å². The third-order valence-corrected chi connectivity index (χ3v) is 4.04. The molecule has 0 aromatic carbocycles. The van der Waals surface area contributed by atoms with E-state index in [0.29, 0.717) is 19.3 Å². The second-order valence-corrected chi connectivity index (χ2v) is 6.28. The van der Waals surface area contributed by atoms with Gasteiger partial charge in [0.25, 0.3) is 0 Å². The molecule has 0 rings (SSSR count). The lowest BCUT2D eigenvalue weighted by Gasteiger charge is -2.15. The summed E-state index contributed by atoms with van der Waals surface area (Å²) in [6, 6.07) is 0. The highest BCUT2D eigenvalue weighted by atomic mass is 17.1. The van der Waals surface area contributed by atoms with Crippen molar-refractivity contribution in [3.63, 3.8) is 0 Å². The van der Waals surface area contributed by atoms with Crippen LogP contribution >= 0.6 is 0 Å². The summed E-state index contributed by atoms with van der Waals surface area (Å²) in [6.45, 7) is 2.09. The minimum absolute atomic E-state index is 0.207. The maximum absolute atomic E-state index is 10.4. The third kappa shape index (κ3) is 13.5. The molecule has 0 heterocycles. The predicted molar refractivity (Wildman–Crippen MR) is 92.8 cm³/mol. The molecule has 142 valence electrons. The van der Waals surface area contributed by atoms with Crippen LogP contribution < -0.4 is 0 Å². The third-order valence-electron chi connectivity index (χ3n) is 4.04. The first-order valence-corrected chi connectivity index (χ1v) is 9.07. The Morgan fingerprint density at radius 2 is 1.58 bits per heavy atom. The maximum Gasteiger partial charge on any atom is 0.303 e. The van der Waals surface area contributed by atoms with E-state index in [2.05, 4.69) is 11.8 Å². The summed E-state index contributed by atoms with van der Waals surface area (Å²) >= 11 is 0. The molecule has 24 heavy (non-hydrogen) atoms. The molecule has 3 unspecified atom stereocenters. The average Bonchev–Trinajstić information content (AvgIpc) is 2.56. The Bertz CT molecular complexity index is 331. The van der Waals surface area contributed by atoms with E-state index < -0.39 is 24.3 Å². The van der Waals surface area contributed by atoms with Crippen LogP contribution in [0, 0.1) is 0 Å². The number of rotatable bonds is 16. The first-order valence-electron chi connectivity index (χ1n) is 9.07. The molecule has 0 saturated heterocycles. The van der Waals surface area contributed by atoms with Crippen LogP contribution in [0.15, 0.2) is 12.2 Å². The number of aliphatic carboxylic acids is 1. The molecule has 0 aliphatic rings. The Morgan fingerprint density at radius 3 is 2.21 bits per heavy atom.